The average molecular weight is 287 g/mol. The maximum absolute atomic E-state index is 13.5. The number of nitrogens with one attached hydrogen (secondary N) is 1. The van der Waals surface area contributed by atoms with Crippen LogP contribution in [0.25, 0.3) is 0 Å². The standard InChI is InChI=1S/C12H18FN3O2S/c1-5-14-11-15-6-8(13)10(16-11)19-7-9(17)18-12(2,3)4/h6H,5,7H2,1-4H3,(H,14,15,16). The van der Waals surface area contributed by atoms with Gasteiger partial charge in [-0.2, -0.15) is 0 Å². The molecule has 0 spiro atoms. The van der Waals surface area contributed by atoms with Crippen LogP contribution in [0.5, 0.6) is 0 Å². The number of rotatable bonds is 5. The molecule has 0 fully saturated rings. The lowest BCUT2D eigenvalue weighted by Gasteiger charge is -2.19. The van der Waals surface area contributed by atoms with Crippen molar-refractivity contribution in [1.82, 2.24) is 9.97 Å². The van der Waals surface area contributed by atoms with Gasteiger partial charge in [0.2, 0.25) is 5.95 Å². The number of carbonyl (C=O) groups is 1. The molecule has 0 unspecified atom stereocenters. The zero-order valence-electron chi connectivity index (χ0n) is 11.5. The third kappa shape index (κ3) is 5.87. The number of thioether (sulfide) groups is 1. The summed E-state index contributed by atoms with van der Waals surface area (Å²) < 4.78 is 18.6. The van der Waals surface area contributed by atoms with Gasteiger partial charge in [-0.05, 0) is 27.7 Å². The van der Waals surface area contributed by atoms with Crippen molar-refractivity contribution in [2.24, 2.45) is 0 Å². The molecule has 1 N–H and O–H groups in total. The van der Waals surface area contributed by atoms with Gasteiger partial charge in [-0.3, -0.25) is 4.79 Å². The minimum atomic E-state index is -0.546. The molecule has 0 aliphatic carbocycles. The van der Waals surface area contributed by atoms with Crippen molar-refractivity contribution in [3.05, 3.63) is 12.0 Å². The van der Waals surface area contributed by atoms with E-state index in [9.17, 15) is 9.18 Å². The second-order valence-corrected chi connectivity index (χ2v) is 5.72. The fourth-order valence-corrected chi connectivity index (χ4v) is 1.85. The molecule has 0 bridgehead atoms. The van der Waals surface area contributed by atoms with Crippen LogP contribution in [-0.4, -0.2) is 33.8 Å². The molecule has 0 atom stereocenters. The minimum absolute atomic E-state index is 0.0107. The van der Waals surface area contributed by atoms with Crippen molar-refractivity contribution < 1.29 is 13.9 Å². The third-order valence-corrected chi connectivity index (χ3v) is 2.73. The molecule has 1 rings (SSSR count). The number of hydrogen-bond acceptors (Lipinski definition) is 6. The topological polar surface area (TPSA) is 64.1 Å². The van der Waals surface area contributed by atoms with Gasteiger partial charge in [0.1, 0.15) is 10.6 Å². The van der Waals surface area contributed by atoms with Crippen LogP contribution in [0.4, 0.5) is 10.3 Å². The molecule has 0 aliphatic rings. The molecule has 19 heavy (non-hydrogen) atoms. The first-order valence-electron chi connectivity index (χ1n) is 5.93. The zero-order valence-corrected chi connectivity index (χ0v) is 12.3. The van der Waals surface area contributed by atoms with E-state index < -0.39 is 17.4 Å². The van der Waals surface area contributed by atoms with Crippen LogP contribution in [0, 0.1) is 5.82 Å². The summed E-state index contributed by atoms with van der Waals surface area (Å²) in [5.41, 5.74) is -0.545. The SMILES string of the molecule is CCNc1ncc(F)c(SCC(=O)OC(C)(C)C)n1. The summed E-state index contributed by atoms with van der Waals surface area (Å²) in [7, 11) is 0. The van der Waals surface area contributed by atoms with Crippen molar-refractivity contribution in [2.45, 2.75) is 38.3 Å². The van der Waals surface area contributed by atoms with Gasteiger partial charge in [-0.15, -0.1) is 0 Å². The molecule has 0 amide bonds. The van der Waals surface area contributed by atoms with Gasteiger partial charge in [0.25, 0.3) is 0 Å². The van der Waals surface area contributed by atoms with Gasteiger partial charge in [0.15, 0.2) is 5.82 Å². The average Bonchev–Trinajstić information content (AvgIpc) is 2.28. The molecule has 0 saturated carbocycles. The van der Waals surface area contributed by atoms with Crippen LogP contribution >= 0.6 is 11.8 Å². The summed E-state index contributed by atoms with van der Waals surface area (Å²) in [6.45, 7) is 7.88. The van der Waals surface area contributed by atoms with Gasteiger partial charge in [-0.25, -0.2) is 14.4 Å². The minimum Gasteiger partial charge on any atom is -0.459 e. The maximum Gasteiger partial charge on any atom is 0.316 e. The van der Waals surface area contributed by atoms with Crippen LogP contribution in [0.2, 0.25) is 0 Å². The number of carbonyl (C=O) groups excluding carboxylic acids is 1. The molecular weight excluding hydrogens is 269 g/mol. The quantitative estimate of drug-likeness (QED) is 0.510. The predicted molar refractivity (Wildman–Crippen MR) is 72.7 cm³/mol. The summed E-state index contributed by atoms with van der Waals surface area (Å²) in [4.78, 5) is 19.3. The van der Waals surface area contributed by atoms with Gasteiger partial charge in [-0.1, -0.05) is 11.8 Å². The highest BCUT2D eigenvalue weighted by atomic mass is 32.2. The van der Waals surface area contributed by atoms with Crippen molar-refractivity contribution in [3.8, 4) is 0 Å². The molecule has 1 aromatic heterocycles. The Morgan fingerprint density at radius 1 is 1.53 bits per heavy atom. The normalized spacial score (nSPS) is 11.2. The van der Waals surface area contributed by atoms with Crippen LogP contribution < -0.4 is 5.32 Å². The lowest BCUT2D eigenvalue weighted by Crippen LogP contribution is -2.25. The Hall–Kier alpha value is -1.37. The van der Waals surface area contributed by atoms with Gasteiger partial charge < -0.3 is 10.1 Å². The Bertz CT molecular complexity index is 449. The van der Waals surface area contributed by atoms with E-state index in [1.165, 1.54) is 0 Å². The summed E-state index contributed by atoms with van der Waals surface area (Å²) >= 11 is 0.995. The van der Waals surface area contributed by atoms with Crippen molar-refractivity contribution in [2.75, 3.05) is 17.6 Å². The van der Waals surface area contributed by atoms with E-state index in [4.69, 9.17) is 4.74 Å². The highest BCUT2D eigenvalue weighted by Crippen LogP contribution is 2.21. The van der Waals surface area contributed by atoms with Crippen LogP contribution in [-0.2, 0) is 9.53 Å². The smallest absolute Gasteiger partial charge is 0.316 e. The molecule has 1 aromatic rings. The molecule has 106 valence electrons. The number of nitrogens with zero attached hydrogens (tertiary/aromatic N) is 2. The molecule has 0 aromatic carbocycles. The fourth-order valence-electron chi connectivity index (χ4n) is 1.19. The largest absolute Gasteiger partial charge is 0.459 e. The number of halogens is 1. The Kier molecular flexibility index (Phi) is 5.53. The van der Waals surface area contributed by atoms with Gasteiger partial charge >= 0.3 is 5.97 Å². The van der Waals surface area contributed by atoms with Crippen molar-refractivity contribution >= 4 is 23.7 Å². The fraction of sp³-hybridized carbons (Fsp3) is 0.583. The van der Waals surface area contributed by atoms with E-state index in [1.807, 2.05) is 6.92 Å². The molecule has 0 saturated heterocycles. The van der Waals surface area contributed by atoms with E-state index in [2.05, 4.69) is 15.3 Å². The Balaban J connectivity index is 2.61. The van der Waals surface area contributed by atoms with Crippen molar-refractivity contribution in [3.63, 3.8) is 0 Å². The van der Waals surface area contributed by atoms with E-state index in [1.54, 1.807) is 20.8 Å². The lowest BCUT2D eigenvalue weighted by atomic mass is 10.2. The molecule has 0 radical (unpaired) electrons. The third-order valence-electron chi connectivity index (χ3n) is 1.79. The first-order valence-corrected chi connectivity index (χ1v) is 6.91. The Morgan fingerprint density at radius 3 is 2.79 bits per heavy atom. The highest BCUT2D eigenvalue weighted by Gasteiger charge is 2.17. The number of aromatic nitrogens is 2. The second kappa shape index (κ2) is 6.70. The Morgan fingerprint density at radius 2 is 2.21 bits per heavy atom. The van der Waals surface area contributed by atoms with Gasteiger partial charge in [0.05, 0.1) is 11.9 Å². The lowest BCUT2D eigenvalue weighted by molar-refractivity contribution is -0.151. The Labute approximate surface area is 116 Å². The van der Waals surface area contributed by atoms with Crippen LogP contribution in [0.1, 0.15) is 27.7 Å². The van der Waals surface area contributed by atoms with Gasteiger partial charge in [0, 0.05) is 6.54 Å². The summed E-state index contributed by atoms with van der Waals surface area (Å²) in [6.07, 6.45) is 1.09. The number of ether oxygens (including phenoxy) is 1. The monoisotopic (exact) mass is 287 g/mol. The first-order chi connectivity index (χ1) is 8.81. The number of anilines is 1. The maximum atomic E-state index is 13.5. The molecule has 0 aliphatic heterocycles. The number of hydrogen-bond donors (Lipinski definition) is 1. The van der Waals surface area contributed by atoms with Crippen LogP contribution in [0.15, 0.2) is 11.2 Å². The summed E-state index contributed by atoms with van der Waals surface area (Å²) in [5, 5.41) is 3.02. The predicted octanol–water partition coefficient (Wildman–Crippen LogP) is 2.48. The summed E-state index contributed by atoms with van der Waals surface area (Å²) in [6, 6.07) is 0. The zero-order chi connectivity index (χ0) is 14.5. The van der Waals surface area contributed by atoms with E-state index in [0.717, 1.165) is 18.0 Å². The molecular formula is C12H18FN3O2S. The molecule has 7 heteroatoms. The molecule has 1 heterocycles. The van der Waals surface area contributed by atoms with Crippen molar-refractivity contribution in [1.29, 1.82) is 0 Å². The highest BCUT2D eigenvalue weighted by molar-refractivity contribution is 7.99. The van der Waals surface area contributed by atoms with E-state index >= 15 is 0 Å². The van der Waals surface area contributed by atoms with Crippen LogP contribution in [0.3, 0.4) is 0 Å². The van der Waals surface area contributed by atoms with E-state index in [-0.39, 0.29) is 10.8 Å². The van der Waals surface area contributed by atoms with E-state index in [0.29, 0.717) is 12.5 Å². The summed E-state index contributed by atoms with van der Waals surface area (Å²) in [5.74, 6) is -0.595. The first kappa shape index (κ1) is 15.7. The second-order valence-electron chi connectivity index (χ2n) is 4.75. The number of esters is 1. The molecule has 5 nitrogen and oxygen atoms in total.